The summed E-state index contributed by atoms with van der Waals surface area (Å²) in [6.45, 7) is 0.379. The third-order valence-corrected chi connectivity index (χ3v) is 3.05. The molecule has 2 rings (SSSR count). The van der Waals surface area contributed by atoms with Crippen LogP contribution in [0.5, 0.6) is 0 Å². The minimum absolute atomic E-state index is 0.288. The molecule has 0 spiro atoms. The molecule has 0 aliphatic rings. The van der Waals surface area contributed by atoms with Crippen LogP contribution in [0.25, 0.3) is 11.4 Å². The molecule has 102 valence electrons. The van der Waals surface area contributed by atoms with Gasteiger partial charge in [-0.15, -0.1) is 0 Å². The van der Waals surface area contributed by atoms with Crippen molar-refractivity contribution in [2.24, 2.45) is 5.92 Å². The zero-order chi connectivity index (χ0) is 15.1. The molecule has 0 amide bonds. The first-order chi connectivity index (χ1) is 10.3. The van der Waals surface area contributed by atoms with E-state index in [1.54, 1.807) is 22.9 Å². The van der Waals surface area contributed by atoms with E-state index in [9.17, 15) is 0 Å². The SMILES string of the molecule is N#CCCC(C#N)Cn1ncnc1-c1cccc(C#N)c1. The van der Waals surface area contributed by atoms with E-state index < -0.39 is 0 Å². The van der Waals surface area contributed by atoms with Crippen LogP contribution in [0.1, 0.15) is 18.4 Å². The standard InChI is InChI=1S/C15H12N6/c16-6-2-4-13(9-18)10-21-15(19-11-20-21)14-5-1-3-12(7-14)8-17/h1,3,5,7,11,13H,2,4,10H2. The fourth-order valence-electron chi connectivity index (χ4n) is 1.99. The zero-order valence-electron chi connectivity index (χ0n) is 11.3. The average molecular weight is 276 g/mol. The highest BCUT2D eigenvalue weighted by atomic mass is 15.3. The highest BCUT2D eigenvalue weighted by Crippen LogP contribution is 2.19. The Balaban J connectivity index is 2.24. The molecule has 0 fully saturated rings. The molecule has 1 aromatic heterocycles. The first kappa shape index (κ1) is 14.2. The molecule has 2 aromatic rings. The van der Waals surface area contributed by atoms with E-state index >= 15 is 0 Å². The van der Waals surface area contributed by atoms with Gasteiger partial charge in [0.2, 0.25) is 0 Å². The summed E-state index contributed by atoms with van der Waals surface area (Å²) in [6.07, 6.45) is 2.27. The van der Waals surface area contributed by atoms with Gasteiger partial charge in [0.25, 0.3) is 0 Å². The van der Waals surface area contributed by atoms with Gasteiger partial charge >= 0.3 is 0 Å². The van der Waals surface area contributed by atoms with Crippen molar-refractivity contribution in [1.29, 1.82) is 15.8 Å². The Kier molecular flexibility index (Phi) is 4.64. The molecule has 0 aliphatic heterocycles. The van der Waals surface area contributed by atoms with Gasteiger partial charge in [-0.3, -0.25) is 0 Å². The van der Waals surface area contributed by atoms with Crippen LogP contribution in [-0.4, -0.2) is 14.8 Å². The number of hydrogen-bond acceptors (Lipinski definition) is 5. The van der Waals surface area contributed by atoms with E-state index in [-0.39, 0.29) is 5.92 Å². The predicted octanol–water partition coefficient (Wildman–Crippen LogP) is 2.26. The van der Waals surface area contributed by atoms with E-state index in [0.29, 0.717) is 30.8 Å². The Morgan fingerprint density at radius 2 is 2.10 bits per heavy atom. The summed E-state index contributed by atoms with van der Waals surface area (Å²) < 4.78 is 1.64. The van der Waals surface area contributed by atoms with Gasteiger partial charge in [0.1, 0.15) is 6.33 Å². The lowest BCUT2D eigenvalue weighted by Gasteiger charge is -2.09. The van der Waals surface area contributed by atoms with Crippen LogP contribution >= 0.6 is 0 Å². The first-order valence-electron chi connectivity index (χ1n) is 6.43. The maximum absolute atomic E-state index is 9.13. The minimum Gasteiger partial charge on any atom is -0.244 e. The Hall–Kier alpha value is -3.17. The van der Waals surface area contributed by atoms with Gasteiger partial charge in [0.15, 0.2) is 5.82 Å². The van der Waals surface area contributed by atoms with Crippen LogP contribution in [0.4, 0.5) is 0 Å². The molecule has 1 aromatic carbocycles. The largest absolute Gasteiger partial charge is 0.244 e. The van der Waals surface area contributed by atoms with Crippen molar-refractivity contribution < 1.29 is 0 Å². The maximum Gasteiger partial charge on any atom is 0.158 e. The summed E-state index contributed by atoms with van der Waals surface area (Å²) in [4.78, 5) is 4.20. The molecule has 0 bridgehead atoms. The summed E-state index contributed by atoms with van der Waals surface area (Å²) in [5.74, 6) is 0.327. The molecule has 0 aliphatic carbocycles. The van der Waals surface area contributed by atoms with Crippen LogP contribution in [0, 0.1) is 39.9 Å². The summed E-state index contributed by atoms with van der Waals surface area (Å²) in [7, 11) is 0. The van der Waals surface area contributed by atoms with E-state index in [1.807, 2.05) is 12.1 Å². The van der Waals surface area contributed by atoms with Crippen molar-refractivity contribution in [2.45, 2.75) is 19.4 Å². The van der Waals surface area contributed by atoms with Crippen LogP contribution in [-0.2, 0) is 6.54 Å². The summed E-state index contributed by atoms with van der Waals surface area (Å²) >= 11 is 0. The lowest BCUT2D eigenvalue weighted by atomic mass is 10.1. The number of benzene rings is 1. The molecule has 21 heavy (non-hydrogen) atoms. The lowest BCUT2D eigenvalue weighted by Crippen LogP contribution is -2.11. The number of nitriles is 3. The highest BCUT2D eigenvalue weighted by molar-refractivity contribution is 5.57. The van der Waals surface area contributed by atoms with Crippen LogP contribution in [0.2, 0.25) is 0 Å². The quantitative estimate of drug-likeness (QED) is 0.833. The van der Waals surface area contributed by atoms with Gasteiger partial charge in [0, 0.05) is 12.0 Å². The van der Waals surface area contributed by atoms with Gasteiger partial charge in [0.05, 0.1) is 36.2 Å². The Bertz CT molecular complexity index is 740. The van der Waals surface area contributed by atoms with Crippen LogP contribution in [0.15, 0.2) is 30.6 Å². The predicted molar refractivity (Wildman–Crippen MR) is 74.1 cm³/mol. The van der Waals surface area contributed by atoms with Gasteiger partial charge in [-0.25, -0.2) is 9.67 Å². The second kappa shape index (κ2) is 6.84. The van der Waals surface area contributed by atoms with Gasteiger partial charge in [-0.2, -0.15) is 20.9 Å². The Labute approximate surface area is 122 Å². The summed E-state index contributed by atoms with van der Waals surface area (Å²) in [5.41, 5.74) is 1.33. The normalized spacial score (nSPS) is 11.1. The van der Waals surface area contributed by atoms with Gasteiger partial charge in [-0.05, 0) is 18.6 Å². The number of aromatic nitrogens is 3. The van der Waals surface area contributed by atoms with Crippen molar-refractivity contribution in [2.75, 3.05) is 0 Å². The molecule has 0 N–H and O–H groups in total. The first-order valence-corrected chi connectivity index (χ1v) is 6.43. The van der Waals surface area contributed by atoms with E-state index in [1.165, 1.54) is 6.33 Å². The monoisotopic (exact) mass is 276 g/mol. The molecule has 0 saturated carbocycles. The third kappa shape index (κ3) is 3.43. The van der Waals surface area contributed by atoms with Crippen molar-refractivity contribution in [3.05, 3.63) is 36.2 Å². The highest BCUT2D eigenvalue weighted by Gasteiger charge is 2.13. The maximum atomic E-state index is 9.13. The van der Waals surface area contributed by atoms with Crippen molar-refractivity contribution in [3.8, 4) is 29.6 Å². The van der Waals surface area contributed by atoms with Crippen molar-refractivity contribution in [1.82, 2.24) is 14.8 Å². The average Bonchev–Trinajstić information content (AvgIpc) is 2.99. The van der Waals surface area contributed by atoms with E-state index in [4.69, 9.17) is 15.8 Å². The lowest BCUT2D eigenvalue weighted by molar-refractivity contribution is 0.479. The van der Waals surface area contributed by atoms with Crippen molar-refractivity contribution in [3.63, 3.8) is 0 Å². The molecule has 1 heterocycles. The van der Waals surface area contributed by atoms with Gasteiger partial charge in [-0.1, -0.05) is 12.1 Å². The topological polar surface area (TPSA) is 102 Å². The number of rotatable bonds is 5. The molecule has 1 unspecified atom stereocenters. The minimum atomic E-state index is -0.288. The Morgan fingerprint density at radius 1 is 1.24 bits per heavy atom. The smallest absolute Gasteiger partial charge is 0.158 e. The Morgan fingerprint density at radius 3 is 2.81 bits per heavy atom. The fourth-order valence-corrected chi connectivity index (χ4v) is 1.99. The van der Waals surface area contributed by atoms with Gasteiger partial charge < -0.3 is 0 Å². The summed E-state index contributed by atoms with van der Waals surface area (Å²) in [6, 6.07) is 13.4. The molecule has 0 saturated heterocycles. The molecular formula is C15H12N6. The van der Waals surface area contributed by atoms with E-state index in [2.05, 4.69) is 22.2 Å². The molecule has 6 nitrogen and oxygen atoms in total. The van der Waals surface area contributed by atoms with Crippen LogP contribution < -0.4 is 0 Å². The second-order valence-electron chi connectivity index (χ2n) is 4.48. The van der Waals surface area contributed by atoms with Crippen molar-refractivity contribution >= 4 is 0 Å². The van der Waals surface area contributed by atoms with Crippen LogP contribution in [0.3, 0.4) is 0 Å². The molecular weight excluding hydrogens is 264 g/mol. The molecule has 6 heteroatoms. The zero-order valence-corrected chi connectivity index (χ0v) is 11.3. The summed E-state index contributed by atoms with van der Waals surface area (Å²) in [5, 5.41) is 30.8. The number of hydrogen-bond donors (Lipinski definition) is 0. The second-order valence-corrected chi connectivity index (χ2v) is 4.48. The number of nitrogens with zero attached hydrogens (tertiary/aromatic N) is 6. The fraction of sp³-hybridized carbons (Fsp3) is 0.267. The molecule has 0 radical (unpaired) electrons. The third-order valence-electron chi connectivity index (χ3n) is 3.05. The molecule has 1 atom stereocenters. The van der Waals surface area contributed by atoms with E-state index in [0.717, 1.165) is 5.56 Å².